The van der Waals surface area contributed by atoms with Crippen molar-refractivity contribution in [2.24, 2.45) is 0 Å². The predicted octanol–water partition coefficient (Wildman–Crippen LogP) is 3.66. The molecule has 1 aliphatic heterocycles. The van der Waals surface area contributed by atoms with Crippen molar-refractivity contribution < 1.29 is 13.2 Å². The lowest BCUT2D eigenvalue weighted by Crippen LogP contribution is -2.35. The van der Waals surface area contributed by atoms with Crippen LogP contribution in [-0.4, -0.2) is 41.6 Å². The zero-order chi connectivity index (χ0) is 24.1. The van der Waals surface area contributed by atoms with E-state index >= 15 is 0 Å². The average molecular weight is 482 g/mol. The number of piperidine rings is 1. The van der Waals surface area contributed by atoms with E-state index in [1.165, 1.54) is 0 Å². The fourth-order valence-electron chi connectivity index (χ4n) is 4.20. The van der Waals surface area contributed by atoms with Gasteiger partial charge in [-0.2, -0.15) is 9.40 Å². The van der Waals surface area contributed by atoms with Crippen LogP contribution in [0.4, 0.5) is 4.79 Å². The monoisotopic (exact) mass is 481 g/mol. The van der Waals surface area contributed by atoms with E-state index in [0.717, 1.165) is 47.5 Å². The van der Waals surface area contributed by atoms with Crippen molar-refractivity contribution in [2.45, 2.75) is 51.1 Å². The normalized spacial score (nSPS) is 14.6. The zero-order valence-corrected chi connectivity index (χ0v) is 20.4. The Hall–Kier alpha value is -3.17. The number of urea groups is 1. The first-order chi connectivity index (χ1) is 16.4. The molecular weight excluding hydrogens is 450 g/mol. The van der Waals surface area contributed by atoms with E-state index in [9.17, 15) is 13.2 Å². The molecule has 8 nitrogen and oxygen atoms in total. The van der Waals surface area contributed by atoms with Gasteiger partial charge in [0.2, 0.25) is 10.0 Å². The Morgan fingerprint density at radius 3 is 2.24 bits per heavy atom. The molecule has 0 bridgehead atoms. The summed E-state index contributed by atoms with van der Waals surface area (Å²) in [5, 5.41) is 10.3. The molecule has 0 spiro atoms. The van der Waals surface area contributed by atoms with Gasteiger partial charge in [-0.3, -0.25) is 0 Å². The summed E-state index contributed by atoms with van der Waals surface area (Å²) in [5.74, 6) is 0. The summed E-state index contributed by atoms with van der Waals surface area (Å²) in [5.41, 5.74) is 4.63. The van der Waals surface area contributed by atoms with Crippen LogP contribution in [0.5, 0.6) is 0 Å². The largest absolute Gasteiger partial charge is 0.334 e. The number of aromatic nitrogens is 2. The number of para-hydroxylation sites is 1. The van der Waals surface area contributed by atoms with E-state index in [2.05, 4.69) is 15.7 Å². The fraction of sp³-hybridized carbons (Fsp3) is 0.360. The van der Waals surface area contributed by atoms with Gasteiger partial charge in [0.05, 0.1) is 16.3 Å². The van der Waals surface area contributed by atoms with Crippen molar-refractivity contribution in [1.82, 2.24) is 24.7 Å². The van der Waals surface area contributed by atoms with Crippen molar-refractivity contribution in [2.75, 3.05) is 13.1 Å². The molecule has 0 unspecified atom stereocenters. The Morgan fingerprint density at radius 1 is 0.912 bits per heavy atom. The molecule has 9 heteroatoms. The zero-order valence-electron chi connectivity index (χ0n) is 19.6. The molecule has 0 atom stereocenters. The van der Waals surface area contributed by atoms with Gasteiger partial charge >= 0.3 is 6.03 Å². The predicted molar refractivity (Wildman–Crippen MR) is 131 cm³/mol. The summed E-state index contributed by atoms with van der Waals surface area (Å²) in [4.78, 5) is 12.7. The van der Waals surface area contributed by atoms with Crippen molar-refractivity contribution in [3.8, 4) is 5.69 Å². The molecule has 2 N–H and O–H groups in total. The molecule has 180 valence electrons. The van der Waals surface area contributed by atoms with E-state index < -0.39 is 10.0 Å². The summed E-state index contributed by atoms with van der Waals surface area (Å²) in [7, 11) is -3.45. The number of hydrogen-bond acceptors (Lipinski definition) is 4. The van der Waals surface area contributed by atoms with Gasteiger partial charge in [-0.1, -0.05) is 36.8 Å². The third-order valence-electron chi connectivity index (χ3n) is 6.20. The summed E-state index contributed by atoms with van der Waals surface area (Å²) < 4.78 is 29.0. The second kappa shape index (κ2) is 10.4. The van der Waals surface area contributed by atoms with Crippen molar-refractivity contribution >= 4 is 16.1 Å². The highest BCUT2D eigenvalue weighted by Gasteiger charge is 2.25. The second-order valence-corrected chi connectivity index (χ2v) is 10.5. The van der Waals surface area contributed by atoms with Crippen molar-refractivity contribution in [3.63, 3.8) is 0 Å². The van der Waals surface area contributed by atoms with E-state index in [4.69, 9.17) is 0 Å². The topological polar surface area (TPSA) is 96.3 Å². The number of aryl methyl sites for hydroxylation is 1. The molecular formula is C25H31N5O3S. The number of carbonyl (C=O) groups is 1. The van der Waals surface area contributed by atoms with Crippen LogP contribution in [-0.2, 0) is 23.1 Å². The van der Waals surface area contributed by atoms with E-state index in [1.54, 1.807) is 28.6 Å². The molecule has 1 aromatic heterocycles. The first kappa shape index (κ1) is 24.0. The number of amides is 2. The number of sulfonamides is 1. The lowest BCUT2D eigenvalue weighted by atomic mass is 10.2. The maximum absolute atomic E-state index is 12.8. The quantitative estimate of drug-likeness (QED) is 0.538. The number of nitrogens with zero attached hydrogens (tertiary/aromatic N) is 3. The molecule has 0 radical (unpaired) electrons. The molecule has 2 aromatic carbocycles. The summed E-state index contributed by atoms with van der Waals surface area (Å²) >= 11 is 0. The highest BCUT2D eigenvalue weighted by molar-refractivity contribution is 7.89. The minimum atomic E-state index is -3.45. The smallest absolute Gasteiger partial charge is 0.315 e. The Bertz CT molecular complexity index is 1230. The van der Waals surface area contributed by atoms with Crippen LogP contribution in [0.2, 0.25) is 0 Å². The Labute approximate surface area is 201 Å². The standard InChI is InChI=1S/C25H31N5O3S/c1-19-24(20(2)30(28-19)22-9-5-3-6-10-22)18-27-25(31)26-17-21-11-13-23(14-12-21)34(32,33)29-15-7-4-8-16-29/h3,5-6,9-14H,4,7-8,15-18H2,1-2H3,(H2,26,27,31). The van der Waals surface area contributed by atoms with Gasteiger partial charge in [-0.05, 0) is 56.5 Å². The van der Waals surface area contributed by atoms with Crippen molar-refractivity contribution in [3.05, 3.63) is 77.1 Å². The van der Waals surface area contributed by atoms with Crippen molar-refractivity contribution in [1.29, 1.82) is 0 Å². The van der Waals surface area contributed by atoms with E-state index in [1.807, 2.05) is 48.9 Å². The van der Waals surface area contributed by atoms with Crippen LogP contribution < -0.4 is 10.6 Å². The van der Waals surface area contributed by atoms with E-state index in [0.29, 0.717) is 31.1 Å². The molecule has 2 heterocycles. The SMILES string of the molecule is Cc1nn(-c2ccccc2)c(C)c1CNC(=O)NCc1ccc(S(=O)(=O)N2CCCCC2)cc1. The number of benzene rings is 2. The van der Waals surface area contributed by atoms with Crippen LogP contribution in [0, 0.1) is 13.8 Å². The van der Waals surface area contributed by atoms with Gasteiger partial charge < -0.3 is 10.6 Å². The van der Waals surface area contributed by atoms with Gasteiger partial charge in [0.25, 0.3) is 0 Å². The van der Waals surface area contributed by atoms with Crippen LogP contribution in [0.3, 0.4) is 0 Å². The van der Waals surface area contributed by atoms with Crippen LogP contribution in [0.25, 0.3) is 5.69 Å². The number of carbonyl (C=O) groups excluding carboxylic acids is 1. The molecule has 3 aromatic rings. The maximum Gasteiger partial charge on any atom is 0.315 e. The second-order valence-electron chi connectivity index (χ2n) is 8.54. The van der Waals surface area contributed by atoms with Gasteiger partial charge in [-0.25, -0.2) is 17.9 Å². The van der Waals surface area contributed by atoms with Gasteiger partial charge in [0.1, 0.15) is 0 Å². The third kappa shape index (κ3) is 5.31. The summed E-state index contributed by atoms with van der Waals surface area (Å²) in [6, 6.07) is 16.3. The molecule has 4 rings (SSSR count). The lowest BCUT2D eigenvalue weighted by Gasteiger charge is -2.25. The highest BCUT2D eigenvalue weighted by atomic mass is 32.2. The minimum absolute atomic E-state index is 0.295. The molecule has 1 saturated heterocycles. The van der Waals surface area contributed by atoms with Crippen LogP contribution >= 0.6 is 0 Å². The molecule has 34 heavy (non-hydrogen) atoms. The van der Waals surface area contributed by atoms with Gasteiger partial charge in [0.15, 0.2) is 0 Å². The number of hydrogen-bond donors (Lipinski definition) is 2. The summed E-state index contributed by atoms with van der Waals surface area (Å²) in [6.45, 7) is 5.74. The van der Waals surface area contributed by atoms with E-state index in [-0.39, 0.29) is 6.03 Å². The fourth-order valence-corrected chi connectivity index (χ4v) is 5.72. The average Bonchev–Trinajstić information content (AvgIpc) is 3.15. The van der Waals surface area contributed by atoms with Gasteiger partial charge in [0, 0.05) is 37.4 Å². The van der Waals surface area contributed by atoms with Gasteiger partial charge in [-0.15, -0.1) is 0 Å². The Kier molecular flexibility index (Phi) is 7.33. The Balaban J connectivity index is 1.31. The number of nitrogens with one attached hydrogen (secondary N) is 2. The lowest BCUT2D eigenvalue weighted by molar-refractivity contribution is 0.240. The summed E-state index contributed by atoms with van der Waals surface area (Å²) in [6.07, 6.45) is 2.89. The molecule has 0 aliphatic carbocycles. The highest BCUT2D eigenvalue weighted by Crippen LogP contribution is 2.21. The molecule has 0 saturated carbocycles. The molecule has 2 amide bonds. The number of rotatable bonds is 7. The Morgan fingerprint density at radius 2 is 1.56 bits per heavy atom. The van der Waals surface area contributed by atoms with Crippen LogP contribution in [0.15, 0.2) is 59.5 Å². The first-order valence-corrected chi connectivity index (χ1v) is 13.0. The first-order valence-electron chi connectivity index (χ1n) is 11.6. The maximum atomic E-state index is 12.8. The van der Waals surface area contributed by atoms with Crippen LogP contribution in [0.1, 0.15) is 41.8 Å². The minimum Gasteiger partial charge on any atom is -0.334 e. The third-order valence-corrected chi connectivity index (χ3v) is 8.11. The molecule has 1 aliphatic rings. The molecule has 1 fully saturated rings.